The normalized spacial score (nSPS) is 19.1. The van der Waals surface area contributed by atoms with Crippen molar-refractivity contribution >= 4 is 23.0 Å². The van der Waals surface area contributed by atoms with Crippen molar-refractivity contribution in [3.63, 3.8) is 0 Å². The van der Waals surface area contributed by atoms with Gasteiger partial charge in [-0.15, -0.1) is 0 Å². The number of nitrogens with zero attached hydrogens (tertiary/aromatic N) is 2. The van der Waals surface area contributed by atoms with Crippen LogP contribution in [0.15, 0.2) is 12.1 Å². The molecule has 1 saturated heterocycles. The molecule has 1 unspecified atom stereocenters. The number of anilines is 1. The van der Waals surface area contributed by atoms with Gasteiger partial charge >= 0.3 is 0 Å². The molecule has 110 valence electrons. The van der Waals surface area contributed by atoms with Crippen LogP contribution in [-0.4, -0.2) is 35.8 Å². The van der Waals surface area contributed by atoms with Crippen molar-refractivity contribution in [2.24, 2.45) is 5.73 Å². The summed E-state index contributed by atoms with van der Waals surface area (Å²) in [7, 11) is 0. The van der Waals surface area contributed by atoms with E-state index in [1.54, 1.807) is 0 Å². The van der Waals surface area contributed by atoms with E-state index in [1.165, 1.54) is 0 Å². The molecule has 1 atom stereocenters. The maximum Gasteiger partial charge on any atom is 0.129 e. The van der Waals surface area contributed by atoms with Crippen LogP contribution in [-0.2, 0) is 4.74 Å². The monoisotopic (exact) mass is 293 g/mol. The number of piperidine rings is 1. The quantitative estimate of drug-likeness (QED) is 0.845. The van der Waals surface area contributed by atoms with Gasteiger partial charge in [0.2, 0.25) is 0 Å². The highest BCUT2D eigenvalue weighted by molar-refractivity contribution is 7.80. The van der Waals surface area contributed by atoms with Crippen LogP contribution >= 0.6 is 12.2 Å². The molecular formula is C15H23N3OS. The van der Waals surface area contributed by atoms with Crippen molar-refractivity contribution in [1.29, 1.82) is 0 Å². The number of hydrogen-bond donors (Lipinski definition) is 1. The first-order valence-electron chi connectivity index (χ1n) is 7.25. The molecule has 1 aromatic rings. The van der Waals surface area contributed by atoms with E-state index in [1.807, 2.05) is 19.1 Å². The molecule has 2 N–H and O–H groups in total. The van der Waals surface area contributed by atoms with Crippen molar-refractivity contribution in [2.75, 3.05) is 24.6 Å². The molecule has 1 aliphatic rings. The number of nitrogens with two attached hydrogens (primary N) is 1. The lowest BCUT2D eigenvalue weighted by atomic mass is 10.1. The smallest absolute Gasteiger partial charge is 0.129 e. The van der Waals surface area contributed by atoms with Crippen LogP contribution in [0.3, 0.4) is 0 Å². The summed E-state index contributed by atoms with van der Waals surface area (Å²) in [6.45, 7) is 6.85. The lowest BCUT2D eigenvalue weighted by Crippen LogP contribution is -2.40. The van der Waals surface area contributed by atoms with E-state index < -0.39 is 0 Å². The van der Waals surface area contributed by atoms with Gasteiger partial charge in [-0.05, 0) is 38.3 Å². The standard InChI is InChI=1S/C15H23N3OS/c1-3-7-19-13-5-4-6-18(10-13)14-9-12(15(16)20)8-11(2)17-14/h8-9,13H,3-7,10H2,1-2H3,(H2,16,20). The Labute approximate surface area is 126 Å². The molecule has 0 saturated carbocycles. The molecule has 5 heteroatoms. The molecule has 1 aromatic heterocycles. The predicted octanol–water partition coefficient (Wildman–Crippen LogP) is 2.42. The van der Waals surface area contributed by atoms with E-state index in [0.717, 1.165) is 56.0 Å². The highest BCUT2D eigenvalue weighted by Gasteiger charge is 2.21. The molecule has 1 fully saturated rings. The second-order valence-electron chi connectivity index (χ2n) is 5.30. The molecule has 20 heavy (non-hydrogen) atoms. The lowest BCUT2D eigenvalue weighted by molar-refractivity contribution is 0.0439. The van der Waals surface area contributed by atoms with Crippen molar-refractivity contribution in [2.45, 2.75) is 39.2 Å². The molecule has 2 rings (SSSR count). The predicted molar refractivity (Wildman–Crippen MR) is 86.3 cm³/mol. The van der Waals surface area contributed by atoms with E-state index in [2.05, 4.69) is 16.8 Å². The zero-order chi connectivity index (χ0) is 14.5. The second kappa shape index (κ2) is 6.99. The van der Waals surface area contributed by atoms with Crippen LogP contribution < -0.4 is 10.6 Å². The Hall–Kier alpha value is -1.20. The molecule has 0 bridgehead atoms. The van der Waals surface area contributed by atoms with Gasteiger partial charge in [0.25, 0.3) is 0 Å². The van der Waals surface area contributed by atoms with Gasteiger partial charge in [-0.1, -0.05) is 19.1 Å². The van der Waals surface area contributed by atoms with Gasteiger partial charge in [-0.25, -0.2) is 4.98 Å². The number of aryl methyl sites for hydroxylation is 1. The van der Waals surface area contributed by atoms with Crippen LogP contribution in [0.4, 0.5) is 5.82 Å². The summed E-state index contributed by atoms with van der Waals surface area (Å²) in [5.41, 5.74) is 7.57. The largest absolute Gasteiger partial charge is 0.389 e. The maximum absolute atomic E-state index is 5.87. The average Bonchev–Trinajstić information content (AvgIpc) is 2.44. The summed E-state index contributed by atoms with van der Waals surface area (Å²) in [5.74, 6) is 0.956. The molecule has 0 amide bonds. The Kier molecular flexibility index (Phi) is 5.31. The first-order chi connectivity index (χ1) is 9.60. The van der Waals surface area contributed by atoms with Crippen LogP contribution in [0.2, 0.25) is 0 Å². The lowest BCUT2D eigenvalue weighted by Gasteiger charge is -2.33. The Morgan fingerprint density at radius 1 is 1.55 bits per heavy atom. The average molecular weight is 293 g/mol. The van der Waals surface area contributed by atoms with Crippen molar-refractivity contribution in [3.05, 3.63) is 23.4 Å². The second-order valence-corrected chi connectivity index (χ2v) is 5.74. The molecule has 0 spiro atoms. The molecule has 0 aromatic carbocycles. The topological polar surface area (TPSA) is 51.4 Å². The maximum atomic E-state index is 5.87. The van der Waals surface area contributed by atoms with Gasteiger partial charge in [-0.3, -0.25) is 0 Å². The van der Waals surface area contributed by atoms with Gasteiger partial charge in [0.15, 0.2) is 0 Å². The summed E-state index contributed by atoms with van der Waals surface area (Å²) in [6, 6.07) is 3.92. The summed E-state index contributed by atoms with van der Waals surface area (Å²) in [5, 5.41) is 0. The molecule has 0 radical (unpaired) electrons. The molecule has 4 nitrogen and oxygen atoms in total. The third-order valence-electron chi connectivity index (χ3n) is 3.48. The van der Waals surface area contributed by atoms with Crippen molar-refractivity contribution < 1.29 is 4.74 Å². The Balaban J connectivity index is 2.12. The number of rotatable bonds is 5. The highest BCUT2D eigenvalue weighted by Crippen LogP contribution is 2.21. The minimum atomic E-state index is 0.305. The number of aromatic nitrogens is 1. The SMILES string of the molecule is CCCOC1CCCN(c2cc(C(N)=S)cc(C)n2)C1. The number of ether oxygens (including phenoxy) is 1. The van der Waals surface area contributed by atoms with Gasteiger partial charge in [0.05, 0.1) is 6.10 Å². The van der Waals surface area contributed by atoms with Crippen LogP contribution in [0, 0.1) is 6.92 Å². The summed E-state index contributed by atoms with van der Waals surface area (Å²) < 4.78 is 5.87. The summed E-state index contributed by atoms with van der Waals surface area (Å²) in [6.07, 6.45) is 3.63. The molecule has 1 aliphatic heterocycles. The van der Waals surface area contributed by atoms with E-state index >= 15 is 0 Å². The number of pyridine rings is 1. The third-order valence-corrected chi connectivity index (χ3v) is 3.72. The minimum absolute atomic E-state index is 0.305. The third kappa shape index (κ3) is 3.90. The zero-order valence-electron chi connectivity index (χ0n) is 12.3. The Morgan fingerprint density at radius 2 is 2.35 bits per heavy atom. The van der Waals surface area contributed by atoms with E-state index in [9.17, 15) is 0 Å². The first kappa shape index (κ1) is 15.2. The van der Waals surface area contributed by atoms with E-state index in [4.69, 9.17) is 22.7 Å². The molecular weight excluding hydrogens is 270 g/mol. The van der Waals surface area contributed by atoms with Gasteiger partial charge in [-0.2, -0.15) is 0 Å². The molecule has 2 heterocycles. The van der Waals surface area contributed by atoms with E-state index in [-0.39, 0.29) is 0 Å². The zero-order valence-corrected chi connectivity index (χ0v) is 13.1. The van der Waals surface area contributed by atoms with Gasteiger partial charge in [0, 0.05) is 31.0 Å². The van der Waals surface area contributed by atoms with Crippen LogP contribution in [0.25, 0.3) is 0 Å². The minimum Gasteiger partial charge on any atom is -0.389 e. The Morgan fingerprint density at radius 3 is 3.05 bits per heavy atom. The van der Waals surface area contributed by atoms with Crippen LogP contribution in [0.1, 0.15) is 37.4 Å². The van der Waals surface area contributed by atoms with Gasteiger partial charge in [0.1, 0.15) is 10.8 Å². The fourth-order valence-corrected chi connectivity index (χ4v) is 2.64. The van der Waals surface area contributed by atoms with Gasteiger partial charge < -0.3 is 15.4 Å². The number of hydrogen-bond acceptors (Lipinski definition) is 4. The van der Waals surface area contributed by atoms with E-state index in [0.29, 0.717) is 11.1 Å². The summed E-state index contributed by atoms with van der Waals surface area (Å²) in [4.78, 5) is 7.31. The number of thiocarbonyl (C=S) groups is 1. The summed E-state index contributed by atoms with van der Waals surface area (Å²) >= 11 is 5.07. The highest BCUT2D eigenvalue weighted by atomic mass is 32.1. The van der Waals surface area contributed by atoms with Crippen molar-refractivity contribution in [3.8, 4) is 0 Å². The molecule has 0 aliphatic carbocycles. The van der Waals surface area contributed by atoms with Crippen LogP contribution in [0.5, 0.6) is 0 Å². The van der Waals surface area contributed by atoms with Crippen molar-refractivity contribution in [1.82, 2.24) is 4.98 Å². The fraction of sp³-hybridized carbons (Fsp3) is 0.600. The Bertz CT molecular complexity index is 478. The first-order valence-corrected chi connectivity index (χ1v) is 7.66. The fourth-order valence-electron chi connectivity index (χ4n) is 2.52.